The van der Waals surface area contributed by atoms with E-state index in [2.05, 4.69) is 36.9 Å². The van der Waals surface area contributed by atoms with E-state index in [0.717, 1.165) is 22.2 Å². The summed E-state index contributed by atoms with van der Waals surface area (Å²) >= 11 is 0. The lowest BCUT2D eigenvalue weighted by Gasteiger charge is -2.31. The number of hydrogen-bond donors (Lipinski definition) is 10. The molecule has 60 heavy (non-hydrogen) atoms. The van der Waals surface area contributed by atoms with Gasteiger partial charge in [0.15, 0.2) is 0 Å². The van der Waals surface area contributed by atoms with Crippen molar-refractivity contribution in [3.63, 3.8) is 0 Å². The minimum Gasteiger partial charge on any atom is -0.508 e. The quantitative estimate of drug-likeness (QED) is 0.0644. The molecule has 1 saturated heterocycles. The number of unbranched alkanes of at least 4 members (excludes halogenated alkanes) is 1. The third-order valence-electron chi connectivity index (χ3n) is 10.2. The standard InChI is InChI=1S/C41H54N8O11/c1-4-5-12-33(39(57)48-32(41(59)60)20-35(52)53)49(3)40(58)31(19-25-21-43-28-10-7-6-9-27(25)28)46-34(51)22-44-37(55)30(18-24-13-15-26(50)16-14-24)47-36(54)23(2)45-38(56)29-11-8-17-42-29/h6-7,9-10,13-16,21,23,29-33,42-43,50H,4-5,8,11-12,17-20,22H2,1-3H3,(H,44,55)(H,45,56)(H,46,51)(H,47,54)(H,48,57)(H,52,53)(H,59,60)/t23-,29-,30-,31-,32-,33-/m0/s1. The molecular weight excluding hydrogens is 780 g/mol. The Morgan fingerprint density at radius 1 is 0.850 bits per heavy atom. The van der Waals surface area contributed by atoms with Crippen LogP contribution in [-0.4, -0.2) is 129 Å². The fraction of sp³-hybridized carbons (Fsp3) is 0.463. The number of rotatable bonds is 22. The summed E-state index contributed by atoms with van der Waals surface area (Å²) in [7, 11) is 1.33. The number of phenolic OH excluding ortho intramolecular Hbond substituents is 1. The van der Waals surface area contributed by atoms with Crippen LogP contribution in [0.4, 0.5) is 0 Å². The van der Waals surface area contributed by atoms with E-state index in [9.17, 15) is 53.7 Å². The molecule has 324 valence electrons. The average Bonchev–Trinajstić information content (AvgIpc) is 3.91. The highest BCUT2D eigenvalue weighted by Crippen LogP contribution is 2.21. The third-order valence-corrected chi connectivity index (χ3v) is 10.2. The van der Waals surface area contributed by atoms with E-state index in [1.165, 1.54) is 26.1 Å². The van der Waals surface area contributed by atoms with Gasteiger partial charge in [-0.1, -0.05) is 50.1 Å². The van der Waals surface area contributed by atoms with Crippen LogP contribution < -0.4 is 31.9 Å². The van der Waals surface area contributed by atoms with Crippen molar-refractivity contribution in [3.05, 3.63) is 65.9 Å². The topological polar surface area (TPSA) is 288 Å². The Balaban J connectivity index is 1.52. The first-order chi connectivity index (χ1) is 28.6. The highest BCUT2D eigenvalue weighted by atomic mass is 16.4. The zero-order valence-electron chi connectivity index (χ0n) is 33.8. The van der Waals surface area contributed by atoms with Gasteiger partial charge in [0, 0.05) is 37.0 Å². The Kier molecular flexibility index (Phi) is 17.0. The molecule has 1 aliphatic heterocycles. The first-order valence-electron chi connectivity index (χ1n) is 19.8. The molecule has 10 N–H and O–H groups in total. The van der Waals surface area contributed by atoms with Crippen LogP contribution in [0.3, 0.4) is 0 Å². The van der Waals surface area contributed by atoms with Gasteiger partial charge in [0.25, 0.3) is 0 Å². The van der Waals surface area contributed by atoms with Crippen LogP contribution in [0.2, 0.25) is 0 Å². The van der Waals surface area contributed by atoms with E-state index in [1.807, 2.05) is 25.1 Å². The second-order valence-electron chi connectivity index (χ2n) is 14.8. The van der Waals surface area contributed by atoms with Gasteiger partial charge >= 0.3 is 11.9 Å². The summed E-state index contributed by atoms with van der Waals surface area (Å²) in [5.41, 5.74) is 1.97. The van der Waals surface area contributed by atoms with Crippen LogP contribution in [0, 0.1) is 0 Å². The molecule has 19 nitrogen and oxygen atoms in total. The van der Waals surface area contributed by atoms with Crippen molar-refractivity contribution in [2.24, 2.45) is 0 Å². The molecule has 0 bridgehead atoms. The molecule has 2 heterocycles. The highest BCUT2D eigenvalue weighted by molar-refractivity contribution is 5.97. The smallest absolute Gasteiger partial charge is 0.326 e. The largest absolute Gasteiger partial charge is 0.508 e. The van der Waals surface area contributed by atoms with Crippen molar-refractivity contribution >= 4 is 58.3 Å². The molecule has 0 aliphatic carbocycles. The maximum atomic E-state index is 14.3. The molecule has 6 amide bonds. The number of hydrogen-bond acceptors (Lipinski definition) is 10. The number of phenols is 1. The number of amides is 6. The molecule has 2 aromatic carbocycles. The number of benzene rings is 2. The Hall–Kier alpha value is -6.50. The minimum absolute atomic E-state index is 0.0142. The maximum Gasteiger partial charge on any atom is 0.326 e. The lowest BCUT2D eigenvalue weighted by atomic mass is 10.0. The first kappa shape index (κ1) is 46.2. The number of carbonyl (C=O) groups is 8. The van der Waals surface area contributed by atoms with Gasteiger partial charge < -0.3 is 57.1 Å². The fourth-order valence-corrected chi connectivity index (χ4v) is 6.86. The van der Waals surface area contributed by atoms with Crippen molar-refractivity contribution < 1.29 is 53.7 Å². The summed E-state index contributed by atoms with van der Waals surface area (Å²) < 4.78 is 0. The summed E-state index contributed by atoms with van der Waals surface area (Å²) in [6.45, 7) is 3.36. The van der Waals surface area contributed by atoms with Gasteiger partial charge in [0.2, 0.25) is 35.4 Å². The Morgan fingerprint density at radius 2 is 1.55 bits per heavy atom. The number of aromatic hydroxyl groups is 1. The lowest BCUT2D eigenvalue weighted by Crippen LogP contribution is -2.58. The van der Waals surface area contributed by atoms with Crippen molar-refractivity contribution in [2.75, 3.05) is 20.1 Å². The summed E-state index contributed by atoms with van der Waals surface area (Å²) in [6, 6.07) is 6.22. The van der Waals surface area contributed by atoms with Crippen LogP contribution in [0.5, 0.6) is 5.75 Å². The zero-order valence-corrected chi connectivity index (χ0v) is 33.8. The first-order valence-corrected chi connectivity index (χ1v) is 19.8. The number of aromatic nitrogens is 1. The number of aromatic amines is 1. The SMILES string of the molecule is CCCC[C@@H](C(=O)N[C@@H](CC(=O)O)C(=O)O)N(C)C(=O)[C@H](Cc1c[nH]c2ccccc12)NC(=O)CNC(=O)[C@H](Cc1ccc(O)cc1)NC(=O)[C@H](C)NC(=O)[C@@H]1CCCN1. The van der Waals surface area contributed by atoms with E-state index >= 15 is 0 Å². The summed E-state index contributed by atoms with van der Waals surface area (Å²) in [5, 5.41) is 45.0. The number of fused-ring (bicyclic) bond motifs is 1. The van der Waals surface area contributed by atoms with Crippen LogP contribution in [0.25, 0.3) is 10.9 Å². The Bertz CT molecular complexity index is 2010. The predicted molar refractivity (Wildman–Crippen MR) is 217 cm³/mol. The summed E-state index contributed by atoms with van der Waals surface area (Å²) in [4.78, 5) is 108. The number of nitrogens with zero attached hydrogens (tertiary/aromatic N) is 1. The number of carbonyl (C=O) groups excluding carboxylic acids is 6. The van der Waals surface area contributed by atoms with Crippen molar-refractivity contribution in [2.45, 2.75) is 101 Å². The molecule has 1 aliphatic rings. The molecule has 3 aromatic rings. The number of carboxylic acids is 2. The zero-order chi connectivity index (χ0) is 43.9. The van der Waals surface area contributed by atoms with Crippen molar-refractivity contribution in [1.82, 2.24) is 41.8 Å². The molecule has 0 spiro atoms. The molecule has 0 unspecified atom stereocenters. The van der Waals surface area contributed by atoms with E-state index in [-0.39, 0.29) is 30.9 Å². The number of nitrogens with one attached hydrogen (secondary N) is 7. The van der Waals surface area contributed by atoms with Crippen LogP contribution in [-0.2, 0) is 51.2 Å². The number of para-hydroxylation sites is 1. The number of H-pyrrole nitrogens is 1. The molecule has 1 aromatic heterocycles. The third kappa shape index (κ3) is 13.3. The number of carboxylic acid groups (broad SMARTS) is 2. The van der Waals surface area contributed by atoms with Crippen molar-refractivity contribution in [3.8, 4) is 5.75 Å². The van der Waals surface area contributed by atoms with Crippen LogP contribution in [0.1, 0.15) is 63.5 Å². The van der Waals surface area contributed by atoms with Gasteiger partial charge in [0.1, 0.15) is 36.0 Å². The molecule has 1 fully saturated rings. The average molecular weight is 835 g/mol. The Labute approximate surface area is 346 Å². The van der Waals surface area contributed by atoms with Gasteiger partial charge in [-0.3, -0.25) is 33.6 Å². The number of likely N-dealkylation sites (N-methyl/N-ethyl adjacent to an activating group) is 1. The summed E-state index contributed by atoms with van der Waals surface area (Å²) in [5.74, 6) is -7.20. The van der Waals surface area contributed by atoms with Gasteiger partial charge in [0.05, 0.1) is 19.0 Å². The molecule has 6 atom stereocenters. The Morgan fingerprint density at radius 3 is 2.20 bits per heavy atom. The second-order valence-corrected chi connectivity index (χ2v) is 14.8. The van der Waals surface area contributed by atoms with Gasteiger partial charge in [-0.15, -0.1) is 0 Å². The van der Waals surface area contributed by atoms with Gasteiger partial charge in [-0.25, -0.2) is 4.79 Å². The minimum atomic E-state index is -1.76. The summed E-state index contributed by atoms with van der Waals surface area (Å²) in [6.07, 6.45) is 3.26. The van der Waals surface area contributed by atoms with E-state index in [0.29, 0.717) is 36.9 Å². The molecule has 4 rings (SSSR count). The highest BCUT2D eigenvalue weighted by Gasteiger charge is 2.35. The number of aliphatic carboxylic acids is 2. The molecule has 0 saturated carbocycles. The lowest BCUT2D eigenvalue weighted by molar-refractivity contribution is -0.148. The maximum absolute atomic E-state index is 14.3. The van der Waals surface area contributed by atoms with E-state index < -0.39 is 90.7 Å². The van der Waals surface area contributed by atoms with Crippen molar-refractivity contribution in [1.29, 1.82) is 0 Å². The van der Waals surface area contributed by atoms with Gasteiger partial charge in [-0.2, -0.15) is 0 Å². The molecule has 19 heteroatoms. The van der Waals surface area contributed by atoms with Crippen LogP contribution in [0.15, 0.2) is 54.7 Å². The van der Waals surface area contributed by atoms with E-state index in [1.54, 1.807) is 24.4 Å². The molecular formula is C41H54N8O11. The molecule has 0 radical (unpaired) electrons. The fourth-order valence-electron chi connectivity index (χ4n) is 6.86. The van der Waals surface area contributed by atoms with E-state index in [4.69, 9.17) is 0 Å². The normalized spacial score (nSPS) is 16.0. The van der Waals surface area contributed by atoms with Crippen LogP contribution >= 0.6 is 0 Å². The second kappa shape index (κ2) is 22.0. The van der Waals surface area contributed by atoms with Gasteiger partial charge in [-0.05, 0) is 62.1 Å². The monoisotopic (exact) mass is 834 g/mol. The predicted octanol–water partition coefficient (Wildman–Crippen LogP) is 0.0625.